The van der Waals surface area contributed by atoms with Crippen LogP contribution in [0.3, 0.4) is 0 Å². The van der Waals surface area contributed by atoms with Gasteiger partial charge in [-0.3, -0.25) is 0 Å². The van der Waals surface area contributed by atoms with Crippen molar-refractivity contribution >= 4 is 0 Å². The number of hydrogen-bond acceptors (Lipinski definition) is 3. The van der Waals surface area contributed by atoms with Gasteiger partial charge in [0, 0.05) is 12.6 Å². The van der Waals surface area contributed by atoms with E-state index in [1.807, 2.05) is 11.6 Å². The summed E-state index contributed by atoms with van der Waals surface area (Å²) in [6.07, 6.45) is 4.46. The van der Waals surface area contributed by atoms with Gasteiger partial charge in [-0.2, -0.15) is 0 Å². The Balaban J connectivity index is 1.90. The summed E-state index contributed by atoms with van der Waals surface area (Å²) in [6.45, 7) is 5.34. The number of rotatable bonds is 4. The lowest BCUT2D eigenvalue weighted by atomic mass is 9.99. The maximum atomic E-state index is 4.05. The molecule has 1 fully saturated rings. The molecule has 0 aliphatic heterocycles. The first kappa shape index (κ1) is 9.65. The van der Waals surface area contributed by atoms with Crippen molar-refractivity contribution in [1.29, 1.82) is 0 Å². The van der Waals surface area contributed by atoms with Crippen LogP contribution in [0.2, 0.25) is 0 Å². The number of hydrogen-bond donors (Lipinski definition) is 1. The molecule has 0 unspecified atom stereocenters. The third kappa shape index (κ3) is 1.95. The molecule has 0 spiro atoms. The van der Waals surface area contributed by atoms with Gasteiger partial charge in [0.05, 0.1) is 6.54 Å². The minimum absolute atomic E-state index is 0.242. The van der Waals surface area contributed by atoms with Crippen molar-refractivity contribution in [3.63, 3.8) is 0 Å². The molecule has 0 amide bonds. The summed E-state index contributed by atoms with van der Waals surface area (Å²) in [6, 6.07) is 0. The average molecular weight is 194 g/mol. The first-order valence-electron chi connectivity index (χ1n) is 5.17. The SMILES string of the molecule is Cn1cnnc1CNC(C)(C)C1CC1. The van der Waals surface area contributed by atoms with Gasteiger partial charge >= 0.3 is 0 Å². The molecule has 0 bridgehead atoms. The van der Waals surface area contributed by atoms with Crippen LogP contribution in [-0.4, -0.2) is 20.3 Å². The Labute approximate surface area is 84.7 Å². The van der Waals surface area contributed by atoms with E-state index in [1.165, 1.54) is 12.8 Å². The van der Waals surface area contributed by atoms with Gasteiger partial charge < -0.3 is 9.88 Å². The molecule has 1 aliphatic rings. The van der Waals surface area contributed by atoms with E-state index in [-0.39, 0.29) is 5.54 Å². The van der Waals surface area contributed by atoms with Crippen LogP contribution < -0.4 is 5.32 Å². The molecule has 4 nitrogen and oxygen atoms in total. The molecule has 0 atom stereocenters. The second-order valence-corrected chi connectivity index (χ2v) is 4.71. The van der Waals surface area contributed by atoms with Crippen molar-refractivity contribution in [3.05, 3.63) is 12.2 Å². The van der Waals surface area contributed by atoms with Crippen molar-refractivity contribution in [3.8, 4) is 0 Å². The zero-order valence-corrected chi connectivity index (χ0v) is 9.12. The highest BCUT2D eigenvalue weighted by molar-refractivity contribution is 4.96. The molecule has 0 radical (unpaired) electrons. The van der Waals surface area contributed by atoms with Crippen molar-refractivity contribution in [1.82, 2.24) is 20.1 Å². The molecule has 1 aromatic heterocycles. The van der Waals surface area contributed by atoms with E-state index in [4.69, 9.17) is 0 Å². The van der Waals surface area contributed by atoms with E-state index in [2.05, 4.69) is 29.4 Å². The van der Waals surface area contributed by atoms with Gasteiger partial charge in [0.1, 0.15) is 12.2 Å². The largest absolute Gasteiger partial charge is 0.320 e. The Morgan fingerprint density at radius 3 is 2.79 bits per heavy atom. The summed E-state index contributed by atoms with van der Waals surface area (Å²) in [7, 11) is 1.97. The van der Waals surface area contributed by atoms with Crippen LogP contribution >= 0.6 is 0 Å². The predicted octanol–water partition coefficient (Wildman–Crippen LogP) is 1.09. The van der Waals surface area contributed by atoms with E-state index in [0.29, 0.717) is 0 Å². The molecule has 78 valence electrons. The average Bonchev–Trinajstić information content (AvgIpc) is 2.89. The monoisotopic (exact) mass is 194 g/mol. The summed E-state index contributed by atoms with van der Waals surface area (Å²) >= 11 is 0. The van der Waals surface area contributed by atoms with Crippen LogP contribution in [0.1, 0.15) is 32.5 Å². The molecule has 1 aromatic rings. The van der Waals surface area contributed by atoms with Gasteiger partial charge in [0.25, 0.3) is 0 Å². The van der Waals surface area contributed by atoms with Crippen LogP contribution in [0.15, 0.2) is 6.33 Å². The van der Waals surface area contributed by atoms with Gasteiger partial charge in [-0.05, 0) is 32.6 Å². The molecule has 4 heteroatoms. The normalized spacial score (nSPS) is 17.4. The number of aryl methyl sites for hydroxylation is 1. The van der Waals surface area contributed by atoms with Gasteiger partial charge in [0.2, 0.25) is 0 Å². The van der Waals surface area contributed by atoms with Crippen LogP contribution in [0, 0.1) is 5.92 Å². The maximum absolute atomic E-state index is 4.05. The molecule has 0 aromatic carbocycles. The Morgan fingerprint density at radius 1 is 1.57 bits per heavy atom. The molecule has 1 saturated carbocycles. The maximum Gasteiger partial charge on any atom is 0.146 e. The van der Waals surface area contributed by atoms with Gasteiger partial charge in [0.15, 0.2) is 0 Å². The number of nitrogens with one attached hydrogen (secondary N) is 1. The fraction of sp³-hybridized carbons (Fsp3) is 0.800. The van der Waals surface area contributed by atoms with Crippen LogP contribution in [-0.2, 0) is 13.6 Å². The predicted molar refractivity (Wildman–Crippen MR) is 54.6 cm³/mol. The summed E-state index contributed by atoms with van der Waals surface area (Å²) in [5.41, 5.74) is 0.242. The zero-order valence-electron chi connectivity index (χ0n) is 9.12. The second-order valence-electron chi connectivity index (χ2n) is 4.71. The van der Waals surface area contributed by atoms with Gasteiger partial charge in [-0.1, -0.05) is 0 Å². The molecule has 14 heavy (non-hydrogen) atoms. The minimum Gasteiger partial charge on any atom is -0.320 e. The van der Waals surface area contributed by atoms with E-state index >= 15 is 0 Å². The summed E-state index contributed by atoms with van der Waals surface area (Å²) in [4.78, 5) is 0. The number of aromatic nitrogens is 3. The lowest BCUT2D eigenvalue weighted by Crippen LogP contribution is -2.41. The van der Waals surface area contributed by atoms with Crippen molar-refractivity contribution in [2.24, 2.45) is 13.0 Å². The smallest absolute Gasteiger partial charge is 0.146 e. The first-order valence-corrected chi connectivity index (χ1v) is 5.17. The summed E-state index contributed by atoms with van der Waals surface area (Å²) in [5.74, 6) is 1.84. The van der Waals surface area contributed by atoms with Crippen LogP contribution in [0.5, 0.6) is 0 Å². The van der Waals surface area contributed by atoms with Crippen molar-refractivity contribution < 1.29 is 0 Å². The van der Waals surface area contributed by atoms with Crippen molar-refractivity contribution in [2.45, 2.75) is 38.8 Å². The third-order valence-corrected chi connectivity index (χ3v) is 3.11. The molecule has 0 saturated heterocycles. The molecule has 2 rings (SSSR count). The Bertz CT molecular complexity index is 312. The van der Waals surface area contributed by atoms with E-state index < -0.39 is 0 Å². The molecule has 1 aliphatic carbocycles. The summed E-state index contributed by atoms with van der Waals surface area (Å²) in [5, 5.41) is 11.4. The van der Waals surface area contributed by atoms with E-state index in [9.17, 15) is 0 Å². The van der Waals surface area contributed by atoms with Gasteiger partial charge in [-0.25, -0.2) is 0 Å². The Kier molecular flexibility index (Phi) is 2.31. The first-order chi connectivity index (χ1) is 6.59. The molecule has 1 heterocycles. The molecular formula is C10H18N4. The van der Waals surface area contributed by atoms with Crippen LogP contribution in [0.4, 0.5) is 0 Å². The highest BCUT2D eigenvalue weighted by Gasteiger charge is 2.37. The minimum atomic E-state index is 0.242. The Hall–Kier alpha value is -0.900. The lowest BCUT2D eigenvalue weighted by Gasteiger charge is -2.25. The van der Waals surface area contributed by atoms with Crippen LogP contribution in [0.25, 0.3) is 0 Å². The fourth-order valence-corrected chi connectivity index (χ4v) is 1.72. The Morgan fingerprint density at radius 2 is 2.29 bits per heavy atom. The van der Waals surface area contributed by atoms with E-state index in [0.717, 1.165) is 18.3 Å². The van der Waals surface area contributed by atoms with E-state index in [1.54, 1.807) is 6.33 Å². The quantitative estimate of drug-likeness (QED) is 0.780. The molecular weight excluding hydrogens is 176 g/mol. The third-order valence-electron chi connectivity index (χ3n) is 3.11. The standard InChI is InChI=1S/C10H18N4/c1-10(2,8-4-5-8)11-6-9-13-12-7-14(9)3/h7-8,11H,4-6H2,1-3H3. The zero-order chi connectivity index (χ0) is 10.2. The topological polar surface area (TPSA) is 42.7 Å². The van der Waals surface area contributed by atoms with Crippen molar-refractivity contribution in [2.75, 3.05) is 0 Å². The highest BCUT2D eigenvalue weighted by Crippen LogP contribution is 2.39. The van der Waals surface area contributed by atoms with Gasteiger partial charge in [-0.15, -0.1) is 10.2 Å². The molecule has 1 N–H and O–H groups in total. The lowest BCUT2D eigenvalue weighted by molar-refractivity contribution is 0.333. The number of nitrogens with zero attached hydrogens (tertiary/aromatic N) is 3. The summed E-state index contributed by atoms with van der Waals surface area (Å²) < 4.78 is 1.95. The second kappa shape index (κ2) is 3.35. The fourth-order valence-electron chi connectivity index (χ4n) is 1.72. The highest BCUT2D eigenvalue weighted by atomic mass is 15.3.